The van der Waals surface area contributed by atoms with Crippen molar-refractivity contribution in [3.63, 3.8) is 0 Å². The second-order valence-corrected chi connectivity index (χ2v) is 14.6. The maximum Gasteiger partial charge on any atom is 0.135 e. The summed E-state index contributed by atoms with van der Waals surface area (Å²) in [5.41, 5.74) is 15.1. The van der Waals surface area contributed by atoms with Crippen LogP contribution in [0, 0.1) is 5.92 Å². The average molecular weight is 706 g/mol. The van der Waals surface area contributed by atoms with Gasteiger partial charge in [0.1, 0.15) is 11.2 Å². The molecule has 9 aromatic rings. The van der Waals surface area contributed by atoms with E-state index in [-0.39, 0.29) is 0 Å². The van der Waals surface area contributed by atoms with Gasteiger partial charge in [0.15, 0.2) is 0 Å². The van der Waals surface area contributed by atoms with Crippen LogP contribution in [-0.2, 0) is 0 Å². The molecule has 0 N–H and O–H groups in total. The van der Waals surface area contributed by atoms with E-state index in [2.05, 4.69) is 200 Å². The maximum atomic E-state index is 6.20. The molecule has 0 spiro atoms. The van der Waals surface area contributed by atoms with Crippen LogP contribution in [0.3, 0.4) is 0 Å². The molecule has 55 heavy (non-hydrogen) atoms. The van der Waals surface area contributed by atoms with E-state index in [1.165, 1.54) is 49.9 Å². The van der Waals surface area contributed by atoms with Crippen LogP contribution in [-0.4, -0.2) is 0 Å². The summed E-state index contributed by atoms with van der Waals surface area (Å²) >= 11 is 0. The van der Waals surface area contributed by atoms with Crippen LogP contribution in [0.4, 0.5) is 11.4 Å². The Balaban J connectivity index is 1.17. The topological polar surface area (TPSA) is 16.4 Å². The molecule has 8 aromatic carbocycles. The molecule has 0 saturated heterocycles. The number of hydrogen-bond acceptors (Lipinski definition) is 2. The molecule has 0 radical (unpaired) electrons. The summed E-state index contributed by atoms with van der Waals surface area (Å²) in [6.45, 7) is 2.36. The summed E-state index contributed by atoms with van der Waals surface area (Å²) in [5, 5.41) is 4.75. The molecule has 0 saturated carbocycles. The van der Waals surface area contributed by atoms with Crippen LogP contribution in [0.25, 0.3) is 71.7 Å². The third-order valence-corrected chi connectivity index (χ3v) is 11.1. The molecule has 1 aromatic heterocycles. The lowest BCUT2D eigenvalue weighted by molar-refractivity contribution is 0.669. The first-order chi connectivity index (χ1) is 27.2. The van der Waals surface area contributed by atoms with Crippen molar-refractivity contribution >= 4 is 49.7 Å². The number of rotatable bonds is 7. The van der Waals surface area contributed by atoms with E-state index in [4.69, 9.17) is 4.42 Å². The van der Waals surface area contributed by atoms with Gasteiger partial charge in [-0.2, -0.15) is 0 Å². The van der Waals surface area contributed by atoms with Gasteiger partial charge in [-0.25, -0.2) is 0 Å². The minimum absolute atomic E-state index is 0.328. The van der Waals surface area contributed by atoms with Gasteiger partial charge in [0.25, 0.3) is 0 Å². The molecule has 1 heterocycles. The zero-order valence-electron chi connectivity index (χ0n) is 30.7. The Morgan fingerprint density at radius 2 is 1.09 bits per heavy atom. The van der Waals surface area contributed by atoms with Crippen molar-refractivity contribution in [3.8, 4) is 33.4 Å². The van der Waals surface area contributed by atoms with Crippen molar-refractivity contribution in [3.05, 3.63) is 211 Å². The van der Waals surface area contributed by atoms with Crippen LogP contribution < -0.4 is 4.90 Å². The molecule has 0 fully saturated rings. The van der Waals surface area contributed by atoms with E-state index in [0.717, 1.165) is 50.9 Å². The monoisotopic (exact) mass is 705 g/mol. The second-order valence-electron chi connectivity index (χ2n) is 14.6. The number of para-hydroxylation sites is 1. The molecule has 262 valence electrons. The number of furan rings is 1. The Hall–Kier alpha value is -6.90. The number of benzene rings is 8. The molecule has 2 heteroatoms. The highest BCUT2D eigenvalue weighted by atomic mass is 16.3. The number of hydrogen-bond donors (Lipinski definition) is 0. The van der Waals surface area contributed by atoms with Gasteiger partial charge in [0.05, 0.1) is 5.69 Å². The van der Waals surface area contributed by atoms with Crippen molar-refractivity contribution < 1.29 is 4.42 Å². The van der Waals surface area contributed by atoms with Crippen LogP contribution in [0.15, 0.2) is 210 Å². The summed E-state index contributed by atoms with van der Waals surface area (Å²) in [4.78, 5) is 2.51. The SMILES string of the molecule is CC1CC(N(c2cccc(-c3ccc4oc5ccccc5c4c3)c2)c2cc(-c3ccc4ccccc4c3)ccc2-c2ccccc2)=CC=C1c1ccccc1. The van der Waals surface area contributed by atoms with Gasteiger partial charge in [0.2, 0.25) is 0 Å². The molecule has 1 atom stereocenters. The number of allylic oxidation sites excluding steroid dienone is 4. The van der Waals surface area contributed by atoms with E-state index < -0.39 is 0 Å². The fourth-order valence-corrected chi connectivity index (χ4v) is 8.34. The van der Waals surface area contributed by atoms with E-state index in [1.807, 2.05) is 12.1 Å². The van der Waals surface area contributed by atoms with Crippen LogP contribution >= 0.6 is 0 Å². The van der Waals surface area contributed by atoms with Crippen molar-refractivity contribution in [2.24, 2.45) is 5.92 Å². The highest BCUT2D eigenvalue weighted by Crippen LogP contribution is 2.45. The van der Waals surface area contributed by atoms with Crippen molar-refractivity contribution in [1.82, 2.24) is 0 Å². The van der Waals surface area contributed by atoms with E-state index in [0.29, 0.717) is 5.92 Å². The van der Waals surface area contributed by atoms with E-state index in [9.17, 15) is 0 Å². The molecule has 0 bridgehead atoms. The average Bonchev–Trinajstić information content (AvgIpc) is 3.62. The lowest BCUT2D eigenvalue weighted by Gasteiger charge is -2.34. The quantitative estimate of drug-likeness (QED) is 0.164. The summed E-state index contributed by atoms with van der Waals surface area (Å²) < 4.78 is 6.20. The zero-order chi connectivity index (χ0) is 36.7. The highest BCUT2D eigenvalue weighted by molar-refractivity contribution is 6.06. The molecule has 10 rings (SSSR count). The van der Waals surface area contributed by atoms with Gasteiger partial charge in [-0.05, 0) is 111 Å². The second kappa shape index (κ2) is 13.8. The van der Waals surface area contributed by atoms with Gasteiger partial charge < -0.3 is 9.32 Å². The Labute approximate surface area is 321 Å². The fourth-order valence-electron chi connectivity index (χ4n) is 8.34. The largest absolute Gasteiger partial charge is 0.456 e. The smallest absolute Gasteiger partial charge is 0.135 e. The summed E-state index contributed by atoms with van der Waals surface area (Å²) in [5.74, 6) is 0.328. The van der Waals surface area contributed by atoms with Gasteiger partial charge in [-0.3, -0.25) is 0 Å². The number of nitrogens with zero attached hydrogens (tertiary/aromatic N) is 1. The molecular formula is C53H39NO. The Morgan fingerprint density at radius 1 is 0.455 bits per heavy atom. The lowest BCUT2D eigenvalue weighted by Crippen LogP contribution is -2.21. The summed E-state index contributed by atoms with van der Waals surface area (Å²) in [7, 11) is 0. The van der Waals surface area contributed by atoms with Crippen molar-refractivity contribution in [2.75, 3.05) is 4.90 Å². The van der Waals surface area contributed by atoms with Gasteiger partial charge >= 0.3 is 0 Å². The maximum absolute atomic E-state index is 6.20. The van der Waals surface area contributed by atoms with Gasteiger partial charge in [-0.1, -0.05) is 159 Å². The highest BCUT2D eigenvalue weighted by Gasteiger charge is 2.25. The lowest BCUT2D eigenvalue weighted by atomic mass is 9.85. The standard InChI is InChI=1S/C53H39NO/c1-36-31-46(27-29-47(36)38-14-4-2-5-15-38)54(45-20-12-19-41(33-45)43-26-30-53-50(34-43)49-21-10-11-22-52(49)55-53)51-35-44(25-28-48(51)39-16-6-3-7-17-39)42-24-23-37-13-8-9-18-40(37)32-42/h2-30,32-36H,31H2,1H3. The first-order valence-corrected chi connectivity index (χ1v) is 19.1. The van der Waals surface area contributed by atoms with Crippen LogP contribution in [0.2, 0.25) is 0 Å². The number of anilines is 2. The van der Waals surface area contributed by atoms with Gasteiger partial charge in [0, 0.05) is 27.7 Å². The Kier molecular flexibility index (Phi) is 8.22. The normalized spacial score (nSPS) is 14.2. The summed E-state index contributed by atoms with van der Waals surface area (Å²) in [6.07, 6.45) is 5.57. The van der Waals surface area contributed by atoms with Crippen molar-refractivity contribution in [1.29, 1.82) is 0 Å². The molecule has 1 aliphatic rings. The van der Waals surface area contributed by atoms with Crippen LogP contribution in [0.1, 0.15) is 18.9 Å². The molecular weight excluding hydrogens is 667 g/mol. The third kappa shape index (κ3) is 6.12. The molecule has 0 aliphatic heterocycles. The fraction of sp³-hybridized carbons (Fsp3) is 0.0566. The van der Waals surface area contributed by atoms with Crippen molar-refractivity contribution in [2.45, 2.75) is 13.3 Å². The summed E-state index contributed by atoms with van der Waals surface area (Å²) in [6, 6.07) is 67.9. The molecule has 0 amide bonds. The van der Waals surface area contributed by atoms with E-state index >= 15 is 0 Å². The number of fused-ring (bicyclic) bond motifs is 4. The Bertz CT molecular complexity index is 2910. The molecule has 2 nitrogen and oxygen atoms in total. The third-order valence-electron chi connectivity index (χ3n) is 11.1. The van der Waals surface area contributed by atoms with E-state index in [1.54, 1.807) is 0 Å². The minimum atomic E-state index is 0.328. The predicted molar refractivity (Wildman–Crippen MR) is 232 cm³/mol. The predicted octanol–water partition coefficient (Wildman–Crippen LogP) is 14.9. The Morgan fingerprint density at radius 3 is 1.93 bits per heavy atom. The van der Waals surface area contributed by atoms with Crippen LogP contribution in [0.5, 0.6) is 0 Å². The molecule has 1 aliphatic carbocycles. The minimum Gasteiger partial charge on any atom is -0.456 e. The van der Waals surface area contributed by atoms with Gasteiger partial charge in [-0.15, -0.1) is 0 Å². The first-order valence-electron chi connectivity index (χ1n) is 19.1. The molecule has 1 unspecified atom stereocenters. The first kappa shape index (κ1) is 32.7. The zero-order valence-corrected chi connectivity index (χ0v) is 30.7.